The monoisotopic (exact) mass is 521 g/mol. The molecule has 0 spiro atoms. The van der Waals surface area contributed by atoms with Crippen molar-refractivity contribution in [3.05, 3.63) is 83.1 Å². The van der Waals surface area contributed by atoms with Crippen LogP contribution >= 0.6 is 0 Å². The number of carbonyl (C=O) groups excluding carboxylic acids is 2. The number of likely N-dealkylation sites (tertiary alicyclic amines) is 1. The number of amides is 2. The highest BCUT2D eigenvalue weighted by atomic mass is 19.1. The average Bonchev–Trinajstić information content (AvgIpc) is 3.59. The van der Waals surface area contributed by atoms with Crippen molar-refractivity contribution < 1.29 is 23.2 Å². The predicted molar refractivity (Wildman–Crippen MR) is 142 cm³/mol. The average molecular weight is 522 g/mol. The first kappa shape index (κ1) is 27.0. The Kier molecular flexibility index (Phi) is 8.55. The number of nitrogens with two attached hydrogens (primary N) is 1. The molecule has 0 bridgehead atoms. The van der Waals surface area contributed by atoms with Gasteiger partial charge >= 0.3 is 0 Å². The van der Waals surface area contributed by atoms with E-state index in [1.54, 1.807) is 37.4 Å². The molecule has 1 aliphatic rings. The molecule has 0 aliphatic carbocycles. The summed E-state index contributed by atoms with van der Waals surface area (Å²) in [7, 11) is 5.11. The van der Waals surface area contributed by atoms with Crippen LogP contribution in [0.3, 0.4) is 0 Å². The number of rotatable bonds is 5. The molecule has 5 rings (SSSR count). The molecular formula is C28H32FN5O4. The second-order valence-corrected chi connectivity index (χ2v) is 9.22. The first-order chi connectivity index (χ1) is 18.4. The summed E-state index contributed by atoms with van der Waals surface area (Å²) in [6, 6.07) is 12.0. The Labute approximate surface area is 220 Å². The van der Waals surface area contributed by atoms with E-state index in [2.05, 4.69) is 15.2 Å². The highest BCUT2D eigenvalue weighted by Crippen LogP contribution is 2.34. The van der Waals surface area contributed by atoms with Crippen molar-refractivity contribution in [2.75, 3.05) is 32.6 Å². The lowest BCUT2D eigenvalue weighted by Gasteiger charge is -2.32. The Morgan fingerprint density at radius 2 is 1.92 bits per heavy atom. The number of anilines is 1. The first-order valence-electron chi connectivity index (χ1n) is 12.4. The Morgan fingerprint density at radius 3 is 2.58 bits per heavy atom. The molecule has 3 heterocycles. The van der Waals surface area contributed by atoms with E-state index in [0.717, 1.165) is 11.1 Å². The maximum atomic E-state index is 14.5. The quantitative estimate of drug-likeness (QED) is 0.405. The minimum atomic E-state index is -0.445. The second kappa shape index (κ2) is 12.0. The fraction of sp³-hybridized carbons (Fsp3) is 0.321. The van der Waals surface area contributed by atoms with Gasteiger partial charge in [-0.05, 0) is 48.1 Å². The van der Waals surface area contributed by atoms with Gasteiger partial charge in [-0.2, -0.15) is 0 Å². The van der Waals surface area contributed by atoms with Crippen LogP contribution in [0.2, 0.25) is 0 Å². The summed E-state index contributed by atoms with van der Waals surface area (Å²) in [5.41, 5.74) is 9.14. The molecule has 1 aliphatic heterocycles. The van der Waals surface area contributed by atoms with Gasteiger partial charge in [-0.25, -0.2) is 4.39 Å². The van der Waals surface area contributed by atoms with Gasteiger partial charge in [0.15, 0.2) is 0 Å². The third-order valence-corrected chi connectivity index (χ3v) is 6.67. The minimum absolute atomic E-state index is 0.0369. The number of hydrogen-bond donors (Lipinski definition) is 2. The maximum absolute atomic E-state index is 14.5. The summed E-state index contributed by atoms with van der Waals surface area (Å²) in [6.45, 7) is 1.39. The molecule has 9 nitrogen and oxygen atoms in total. The molecule has 1 fully saturated rings. The highest BCUT2D eigenvalue weighted by Gasteiger charge is 2.29. The third-order valence-electron chi connectivity index (χ3n) is 6.67. The van der Waals surface area contributed by atoms with Crippen LogP contribution in [0.1, 0.15) is 50.8 Å². The van der Waals surface area contributed by atoms with Crippen molar-refractivity contribution in [3.8, 4) is 0 Å². The van der Waals surface area contributed by atoms with Crippen molar-refractivity contribution >= 4 is 28.4 Å². The molecule has 4 aromatic rings. The summed E-state index contributed by atoms with van der Waals surface area (Å²) >= 11 is 0. The van der Waals surface area contributed by atoms with Gasteiger partial charge in [0.25, 0.3) is 11.8 Å². The predicted octanol–water partition coefficient (Wildman–Crippen LogP) is 4.30. The smallest absolute Gasteiger partial charge is 0.294 e. The van der Waals surface area contributed by atoms with Crippen molar-refractivity contribution in [2.24, 2.45) is 12.8 Å². The lowest BCUT2D eigenvalue weighted by Crippen LogP contribution is -2.38. The highest BCUT2D eigenvalue weighted by molar-refractivity contribution is 6.15. The molecule has 0 saturated carbocycles. The summed E-state index contributed by atoms with van der Waals surface area (Å²) < 4.78 is 25.5. The summed E-state index contributed by atoms with van der Waals surface area (Å²) in [4.78, 5) is 27.9. The number of nitrogens with one attached hydrogen (secondary N) is 1. The molecule has 2 aromatic carbocycles. The molecular weight excluding hydrogens is 489 g/mol. The van der Waals surface area contributed by atoms with Crippen LogP contribution < -0.4 is 11.1 Å². The number of methoxy groups -OCH3 is 1. The molecule has 3 N–H and O–H groups in total. The number of ether oxygens (including phenoxy) is 1. The van der Waals surface area contributed by atoms with E-state index >= 15 is 0 Å². The van der Waals surface area contributed by atoms with Gasteiger partial charge in [0.2, 0.25) is 5.76 Å². The van der Waals surface area contributed by atoms with Gasteiger partial charge in [-0.3, -0.25) is 9.59 Å². The van der Waals surface area contributed by atoms with Crippen LogP contribution in [0, 0.1) is 5.82 Å². The summed E-state index contributed by atoms with van der Waals surface area (Å²) in [5, 5.41) is 7.07. The van der Waals surface area contributed by atoms with Gasteiger partial charge in [0, 0.05) is 58.6 Å². The van der Waals surface area contributed by atoms with E-state index in [9.17, 15) is 14.0 Å². The van der Waals surface area contributed by atoms with E-state index < -0.39 is 5.91 Å². The van der Waals surface area contributed by atoms with E-state index in [1.165, 1.54) is 18.3 Å². The topological polar surface area (TPSA) is 116 Å². The number of nitrogens with zero attached hydrogens (tertiary/aromatic N) is 3. The zero-order chi connectivity index (χ0) is 27.2. The number of piperidine rings is 1. The Hall–Kier alpha value is -4.02. The fourth-order valence-corrected chi connectivity index (χ4v) is 4.82. The van der Waals surface area contributed by atoms with Crippen LogP contribution in [0.5, 0.6) is 0 Å². The number of hydrogen-bond acceptors (Lipinski definition) is 6. The van der Waals surface area contributed by atoms with E-state index in [0.29, 0.717) is 54.7 Å². The van der Waals surface area contributed by atoms with Crippen LogP contribution in [-0.4, -0.2) is 53.7 Å². The SMILES string of the molecule is COC.Cn1cc(C(=O)N2CCC(c3cc(CN)ccc3F)CC2)c2c(NC(=O)c3ccno3)cccc21. The van der Waals surface area contributed by atoms with Crippen molar-refractivity contribution in [1.29, 1.82) is 0 Å². The number of aryl methyl sites for hydroxylation is 1. The minimum Gasteiger partial charge on any atom is -0.388 e. The summed E-state index contributed by atoms with van der Waals surface area (Å²) in [6.07, 6.45) is 4.51. The molecule has 2 aromatic heterocycles. The maximum Gasteiger partial charge on any atom is 0.294 e. The van der Waals surface area contributed by atoms with E-state index in [1.807, 2.05) is 29.8 Å². The third kappa shape index (κ3) is 5.61. The summed E-state index contributed by atoms with van der Waals surface area (Å²) in [5.74, 6) is -0.673. The van der Waals surface area contributed by atoms with Gasteiger partial charge in [-0.15, -0.1) is 0 Å². The molecule has 10 heteroatoms. The molecule has 0 unspecified atom stereocenters. The Morgan fingerprint density at radius 1 is 1.18 bits per heavy atom. The van der Waals surface area contributed by atoms with E-state index in [-0.39, 0.29) is 23.4 Å². The Balaban J connectivity index is 0.00000107. The lowest BCUT2D eigenvalue weighted by molar-refractivity contribution is 0.0714. The van der Waals surface area contributed by atoms with Crippen LogP contribution in [0.15, 0.2) is 59.4 Å². The lowest BCUT2D eigenvalue weighted by atomic mass is 9.88. The molecule has 2 amide bonds. The largest absolute Gasteiger partial charge is 0.388 e. The first-order valence-corrected chi connectivity index (χ1v) is 12.4. The fourth-order valence-electron chi connectivity index (χ4n) is 4.82. The van der Waals surface area contributed by atoms with Crippen molar-refractivity contribution in [2.45, 2.75) is 25.3 Å². The van der Waals surface area contributed by atoms with Gasteiger partial charge in [0.05, 0.1) is 23.0 Å². The number of aromatic nitrogens is 2. The molecule has 0 radical (unpaired) electrons. The van der Waals surface area contributed by atoms with Crippen LogP contribution in [-0.2, 0) is 18.3 Å². The molecule has 38 heavy (non-hydrogen) atoms. The zero-order valence-electron chi connectivity index (χ0n) is 21.7. The number of fused-ring (bicyclic) bond motifs is 1. The van der Waals surface area contributed by atoms with Gasteiger partial charge in [0.1, 0.15) is 5.82 Å². The standard InChI is InChI=1S/C26H26FN5O3.C2H6O/c1-31-15-19(24-21(3-2-4-22(24)31)30-25(33)23-7-10-29-35-23)26(34)32-11-8-17(9-12-32)18-13-16(14-28)5-6-20(18)27;1-3-2/h2-7,10,13,15,17H,8-9,11-12,14,28H2,1H3,(H,30,33);1-2H3. The van der Waals surface area contributed by atoms with Crippen LogP contribution in [0.25, 0.3) is 10.9 Å². The van der Waals surface area contributed by atoms with Crippen LogP contribution in [0.4, 0.5) is 10.1 Å². The van der Waals surface area contributed by atoms with Crippen molar-refractivity contribution in [1.82, 2.24) is 14.6 Å². The Bertz CT molecular complexity index is 1410. The number of carbonyl (C=O) groups is 2. The van der Waals surface area contributed by atoms with Gasteiger partial charge < -0.3 is 29.8 Å². The molecule has 200 valence electrons. The zero-order valence-corrected chi connectivity index (χ0v) is 21.7. The normalized spacial score (nSPS) is 13.8. The molecule has 1 saturated heterocycles. The van der Waals surface area contributed by atoms with Crippen molar-refractivity contribution in [3.63, 3.8) is 0 Å². The van der Waals surface area contributed by atoms with E-state index in [4.69, 9.17) is 10.3 Å². The second-order valence-electron chi connectivity index (χ2n) is 9.22. The number of benzene rings is 2. The molecule has 0 atom stereocenters. The van der Waals surface area contributed by atoms with Gasteiger partial charge in [-0.1, -0.05) is 23.4 Å². The number of halogens is 1.